The number of fused-ring (bicyclic) bond motifs is 2. The molecule has 7 rings (SSSR count). The average molecular weight is 572 g/mol. The molecule has 42 heavy (non-hydrogen) atoms. The summed E-state index contributed by atoms with van der Waals surface area (Å²) in [6.45, 7) is 3.30. The van der Waals surface area contributed by atoms with E-state index in [4.69, 9.17) is 4.74 Å². The van der Waals surface area contributed by atoms with Gasteiger partial charge in [0, 0.05) is 56.2 Å². The number of ether oxygens (including phenoxy) is 1. The summed E-state index contributed by atoms with van der Waals surface area (Å²) in [5.74, 6) is -2.05. The third-order valence-electron chi connectivity index (χ3n) is 7.93. The summed E-state index contributed by atoms with van der Waals surface area (Å²) >= 11 is 0. The third-order valence-corrected chi connectivity index (χ3v) is 7.93. The number of aromatic nitrogens is 4. The van der Waals surface area contributed by atoms with Crippen molar-refractivity contribution >= 4 is 33.8 Å². The molecule has 2 aromatic carbocycles. The Morgan fingerprint density at radius 3 is 2.50 bits per heavy atom. The Bertz CT molecular complexity index is 1810. The van der Waals surface area contributed by atoms with Crippen LogP contribution in [0.4, 0.5) is 20.2 Å². The molecule has 2 aliphatic rings. The minimum absolute atomic E-state index is 0.0315. The Kier molecular flexibility index (Phi) is 6.53. The van der Waals surface area contributed by atoms with Crippen molar-refractivity contribution in [2.75, 3.05) is 23.3 Å². The van der Waals surface area contributed by atoms with Gasteiger partial charge in [0.1, 0.15) is 28.3 Å². The molecule has 0 bridgehead atoms. The van der Waals surface area contributed by atoms with Gasteiger partial charge in [-0.05, 0) is 50.8 Å². The second kappa shape index (κ2) is 10.4. The van der Waals surface area contributed by atoms with Gasteiger partial charge in [-0.15, -0.1) is 0 Å². The molecule has 2 N–H and O–H groups in total. The maximum Gasteiger partial charge on any atom is 0.261 e. The molecule has 2 fully saturated rings. The molecule has 4 heterocycles. The van der Waals surface area contributed by atoms with Gasteiger partial charge in [0.2, 0.25) is 5.82 Å². The lowest BCUT2D eigenvalue weighted by Crippen LogP contribution is -2.43. The highest BCUT2D eigenvalue weighted by atomic mass is 19.1. The van der Waals surface area contributed by atoms with E-state index in [1.54, 1.807) is 55.3 Å². The van der Waals surface area contributed by atoms with E-state index in [0.29, 0.717) is 34.6 Å². The molecule has 216 valence electrons. The summed E-state index contributed by atoms with van der Waals surface area (Å²) in [5, 5.41) is 11.5. The number of carbonyl (C=O) groups is 1. The van der Waals surface area contributed by atoms with Crippen molar-refractivity contribution in [3.05, 3.63) is 77.9 Å². The SMILES string of the molecule is Cc1cn2cc(NC(=O)c3c(F)cc(N4CCC(NC5CC5)CC4)c4cn(C)nc34)c(Oc3ccccc3)c(F)c2n1. The van der Waals surface area contributed by atoms with E-state index in [1.807, 2.05) is 6.07 Å². The fourth-order valence-corrected chi connectivity index (χ4v) is 5.77. The Balaban J connectivity index is 1.23. The van der Waals surface area contributed by atoms with Crippen molar-refractivity contribution < 1.29 is 18.3 Å². The number of amides is 1. The molecular weight excluding hydrogens is 540 g/mol. The average Bonchev–Trinajstić information content (AvgIpc) is 3.58. The highest BCUT2D eigenvalue weighted by Crippen LogP contribution is 2.37. The van der Waals surface area contributed by atoms with Crippen LogP contribution in [0.25, 0.3) is 16.6 Å². The number of piperidine rings is 1. The molecule has 0 spiro atoms. The fraction of sp³-hybridized carbons (Fsp3) is 0.323. The zero-order chi connectivity index (χ0) is 29.0. The number of nitrogens with one attached hydrogen (secondary N) is 2. The standard InChI is InChI=1S/C31H31F2N7O2/c1-18-15-40-17-24(29(27(33)30(40)34-18)42-21-6-4-3-5-7-21)36-31(41)26-23(32)14-25(22-16-38(2)37-28(22)26)39-12-10-20(11-13-39)35-19-8-9-19/h3-7,14-17,19-20,35H,8-13H2,1-2H3,(H,36,41). The zero-order valence-electron chi connectivity index (χ0n) is 23.4. The first-order valence-electron chi connectivity index (χ1n) is 14.2. The van der Waals surface area contributed by atoms with Crippen molar-refractivity contribution in [3.8, 4) is 11.5 Å². The van der Waals surface area contributed by atoms with Crippen LogP contribution in [0.5, 0.6) is 11.5 Å². The lowest BCUT2D eigenvalue weighted by Gasteiger charge is -2.34. The quantitative estimate of drug-likeness (QED) is 0.266. The van der Waals surface area contributed by atoms with Gasteiger partial charge >= 0.3 is 0 Å². The fourth-order valence-electron chi connectivity index (χ4n) is 5.77. The second-order valence-electron chi connectivity index (χ2n) is 11.2. The van der Waals surface area contributed by atoms with E-state index in [0.717, 1.165) is 25.9 Å². The van der Waals surface area contributed by atoms with E-state index >= 15 is 8.78 Å². The number of aryl methyl sites for hydroxylation is 2. The van der Waals surface area contributed by atoms with Gasteiger partial charge in [-0.2, -0.15) is 9.49 Å². The first-order valence-corrected chi connectivity index (χ1v) is 14.2. The Labute approximate surface area is 241 Å². The smallest absolute Gasteiger partial charge is 0.261 e. The summed E-state index contributed by atoms with van der Waals surface area (Å²) in [5.41, 5.74) is 1.42. The van der Waals surface area contributed by atoms with Crippen LogP contribution >= 0.6 is 0 Å². The van der Waals surface area contributed by atoms with Gasteiger partial charge in [-0.1, -0.05) is 18.2 Å². The molecule has 1 aliphatic heterocycles. The molecule has 3 aromatic heterocycles. The molecule has 11 heteroatoms. The van der Waals surface area contributed by atoms with E-state index in [-0.39, 0.29) is 28.2 Å². The van der Waals surface area contributed by atoms with Crippen LogP contribution in [-0.4, -0.2) is 50.2 Å². The summed E-state index contributed by atoms with van der Waals surface area (Å²) in [4.78, 5) is 20.1. The summed E-state index contributed by atoms with van der Waals surface area (Å²) in [6.07, 6.45) is 9.37. The monoisotopic (exact) mass is 571 g/mol. The molecule has 9 nitrogen and oxygen atoms in total. The third kappa shape index (κ3) is 4.94. The van der Waals surface area contributed by atoms with Crippen molar-refractivity contribution in [3.63, 3.8) is 0 Å². The second-order valence-corrected chi connectivity index (χ2v) is 11.2. The van der Waals surface area contributed by atoms with Crippen LogP contribution in [0.3, 0.4) is 0 Å². The van der Waals surface area contributed by atoms with Crippen LogP contribution in [-0.2, 0) is 7.05 Å². The Morgan fingerprint density at radius 1 is 1.02 bits per heavy atom. The lowest BCUT2D eigenvalue weighted by atomic mass is 10.0. The molecule has 5 aromatic rings. The minimum atomic E-state index is -0.761. The number of hydrogen-bond acceptors (Lipinski definition) is 6. The van der Waals surface area contributed by atoms with Crippen LogP contribution < -0.4 is 20.3 Å². The number of nitrogens with zero attached hydrogens (tertiary/aromatic N) is 5. The van der Waals surface area contributed by atoms with Crippen molar-refractivity contribution in [1.29, 1.82) is 0 Å². The van der Waals surface area contributed by atoms with Gasteiger partial charge in [0.25, 0.3) is 5.91 Å². The number of halogens is 2. The van der Waals surface area contributed by atoms with Gasteiger partial charge in [0.15, 0.2) is 11.4 Å². The van der Waals surface area contributed by atoms with Crippen molar-refractivity contribution in [1.82, 2.24) is 24.5 Å². The molecule has 0 radical (unpaired) electrons. The van der Waals surface area contributed by atoms with Gasteiger partial charge < -0.3 is 24.7 Å². The predicted molar refractivity (Wildman–Crippen MR) is 156 cm³/mol. The number of carbonyl (C=O) groups excluding carboxylic acids is 1. The minimum Gasteiger partial charge on any atom is -0.452 e. The van der Waals surface area contributed by atoms with E-state index in [2.05, 4.69) is 25.6 Å². The number of para-hydroxylation sites is 1. The molecule has 0 atom stereocenters. The number of hydrogen-bond donors (Lipinski definition) is 2. The number of anilines is 2. The Morgan fingerprint density at radius 2 is 1.76 bits per heavy atom. The maximum absolute atomic E-state index is 15.9. The van der Waals surface area contributed by atoms with E-state index in [9.17, 15) is 4.79 Å². The summed E-state index contributed by atoms with van der Waals surface area (Å²) in [7, 11) is 1.74. The van der Waals surface area contributed by atoms with Gasteiger partial charge in [-0.25, -0.2) is 9.37 Å². The normalized spacial score (nSPS) is 16.0. The highest BCUT2D eigenvalue weighted by Gasteiger charge is 2.30. The zero-order valence-corrected chi connectivity index (χ0v) is 23.4. The van der Waals surface area contributed by atoms with Crippen LogP contribution in [0.15, 0.2) is 55.0 Å². The number of imidazole rings is 1. The molecule has 1 amide bonds. The number of pyridine rings is 1. The molecule has 1 aliphatic carbocycles. The maximum atomic E-state index is 15.9. The van der Waals surface area contributed by atoms with Crippen LogP contribution in [0.2, 0.25) is 0 Å². The van der Waals surface area contributed by atoms with Crippen LogP contribution in [0, 0.1) is 18.6 Å². The van der Waals surface area contributed by atoms with E-state index < -0.39 is 17.5 Å². The van der Waals surface area contributed by atoms with Gasteiger partial charge in [0.05, 0.1) is 11.4 Å². The topological polar surface area (TPSA) is 88.7 Å². The first kappa shape index (κ1) is 26.4. The number of benzene rings is 2. The number of rotatable bonds is 7. The summed E-state index contributed by atoms with van der Waals surface area (Å²) in [6, 6.07) is 11.2. The predicted octanol–water partition coefficient (Wildman–Crippen LogP) is 5.57. The Hall–Kier alpha value is -4.51. The molecule has 1 saturated heterocycles. The van der Waals surface area contributed by atoms with E-state index in [1.165, 1.54) is 29.5 Å². The van der Waals surface area contributed by atoms with Crippen molar-refractivity contribution in [2.45, 2.75) is 44.7 Å². The lowest BCUT2D eigenvalue weighted by molar-refractivity contribution is 0.102. The molecular formula is C31H31F2N7O2. The largest absolute Gasteiger partial charge is 0.452 e. The summed E-state index contributed by atoms with van der Waals surface area (Å²) < 4.78 is 40.5. The molecule has 0 unspecified atom stereocenters. The molecule has 1 saturated carbocycles. The van der Waals surface area contributed by atoms with Crippen LogP contribution in [0.1, 0.15) is 41.7 Å². The highest BCUT2D eigenvalue weighted by molar-refractivity contribution is 6.14. The van der Waals surface area contributed by atoms with Gasteiger partial charge in [-0.3, -0.25) is 9.48 Å². The first-order chi connectivity index (χ1) is 20.3. The van der Waals surface area contributed by atoms with Crippen molar-refractivity contribution in [2.24, 2.45) is 7.05 Å².